The Morgan fingerprint density at radius 2 is 1.50 bits per heavy atom. The average molecular weight is 525 g/mol. The molecule has 0 saturated heterocycles. The van der Waals surface area contributed by atoms with Gasteiger partial charge in [0.1, 0.15) is 0 Å². The van der Waals surface area contributed by atoms with Crippen molar-refractivity contribution in [3.05, 3.63) is 94.6 Å². The topological polar surface area (TPSA) is 9.23 Å². The molecule has 3 aromatic carbocycles. The van der Waals surface area contributed by atoms with Gasteiger partial charge in [0.05, 0.1) is 6.61 Å². The van der Waals surface area contributed by atoms with Crippen LogP contribution in [0.25, 0.3) is 17.2 Å². The van der Waals surface area contributed by atoms with E-state index in [4.69, 9.17) is 4.74 Å². The van der Waals surface area contributed by atoms with Gasteiger partial charge in [0.25, 0.3) is 0 Å². The summed E-state index contributed by atoms with van der Waals surface area (Å²) in [6.07, 6.45) is 10.5. The number of aryl methyl sites for hydroxylation is 1. The van der Waals surface area contributed by atoms with Gasteiger partial charge in [-0.25, -0.2) is 13.2 Å². The van der Waals surface area contributed by atoms with Crippen LogP contribution in [0.2, 0.25) is 0 Å². The van der Waals surface area contributed by atoms with Crippen LogP contribution in [0, 0.1) is 36.1 Å². The molecule has 0 spiro atoms. The smallest absolute Gasteiger partial charge is 0.200 e. The minimum absolute atomic E-state index is 0.0259. The monoisotopic (exact) mass is 524 g/mol. The van der Waals surface area contributed by atoms with Crippen molar-refractivity contribution in [2.75, 3.05) is 6.61 Å². The fraction of sp³-hybridized carbons (Fsp3) is 0.394. The average Bonchev–Trinajstić information content (AvgIpc) is 2.93. The van der Waals surface area contributed by atoms with Gasteiger partial charge in [-0.3, -0.25) is 0 Å². The predicted octanol–water partition coefficient (Wildman–Crippen LogP) is 10.2. The van der Waals surface area contributed by atoms with Crippen LogP contribution in [0.15, 0.2) is 54.6 Å². The Morgan fingerprint density at radius 1 is 0.763 bits per heavy atom. The Kier molecular flexibility index (Phi) is 9.65. The zero-order chi connectivity index (χ0) is 27.1. The van der Waals surface area contributed by atoms with Gasteiger partial charge in [-0.15, -0.1) is 0 Å². The fourth-order valence-electron chi connectivity index (χ4n) is 5.20. The van der Waals surface area contributed by atoms with Gasteiger partial charge < -0.3 is 4.74 Å². The van der Waals surface area contributed by atoms with Crippen molar-refractivity contribution in [1.29, 1.82) is 0 Å². The lowest BCUT2D eigenvalue weighted by Gasteiger charge is -2.27. The third kappa shape index (κ3) is 6.67. The van der Waals surface area contributed by atoms with E-state index >= 15 is 0 Å². The van der Waals surface area contributed by atoms with Gasteiger partial charge in [-0.05, 0) is 68.1 Å². The van der Waals surface area contributed by atoms with Crippen molar-refractivity contribution in [1.82, 2.24) is 0 Å². The Hall–Kier alpha value is -3.08. The second kappa shape index (κ2) is 13.1. The Bertz CT molecular complexity index is 1240. The summed E-state index contributed by atoms with van der Waals surface area (Å²) in [5, 5.41) is 0. The first kappa shape index (κ1) is 27.9. The maximum atomic E-state index is 14.9. The molecule has 0 atom stereocenters. The second-order valence-corrected chi connectivity index (χ2v) is 10.4. The van der Waals surface area contributed by atoms with Crippen LogP contribution in [-0.2, 0) is 0 Å². The number of rotatable bonds is 10. The van der Waals surface area contributed by atoms with Crippen LogP contribution in [0.1, 0.15) is 80.9 Å². The highest BCUT2D eigenvalue weighted by Crippen LogP contribution is 2.39. The highest BCUT2D eigenvalue weighted by molar-refractivity contribution is 5.67. The summed E-state index contributed by atoms with van der Waals surface area (Å²) in [7, 11) is 0. The zero-order valence-corrected chi connectivity index (χ0v) is 22.2. The van der Waals surface area contributed by atoms with Crippen LogP contribution < -0.4 is 4.74 Å². The van der Waals surface area contributed by atoms with Gasteiger partial charge in [0.15, 0.2) is 23.2 Å². The normalized spacial score (nSPS) is 17.7. The molecule has 0 unspecified atom stereocenters. The number of allylic oxidation sites excluding steroid dienone is 1. The van der Waals surface area contributed by atoms with Crippen molar-refractivity contribution in [2.45, 2.75) is 71.1 Å². The van der Waals surface area contributed by atoms with Gasteiger partial charge in [-0.2, -0.15) is 4.39 Å². The summed E-state index contributed by atoms with van der Waals surface area (Å²) in [5.41, 5.74) is 2.52. The Balaban J connectivity index is 1.35. The molecule has 0 aromatic heterocycles. The van der Waals surface area contributed by atoms with Crippen LogP contribution in [0.5, 0.6) is 5.75 Å². The molecule has 3 aromatic rings. The molecular weight excluding hydrogens is 488 g/mol. The van der Waals surface area contributed by atoms with E-state index < -0.39 is 23.3 Å². The molecule has 202 valence electrons. The van der Waals surface area contributed by atoms with Gasteiger partial charge in [0, 0.05) is 11.1 Å². The summed E-state index contributed by atoms with van der Waals surface area (Å²) in [6.45, 7) is 4.44. The van der Waals surface area contributed by atoms with Crippen LogP contribution >= 0.6 is 0 Å². The molecule has 0 amide bonds. The maximum Gasteiger partial charge on any atom is 0.200 e. The van der Waals surface area contributed by atoms with Crippen molar-refractivity contribution in [3.63, 3.8) is 0 Å². The van der Waals surface area contributed by atoms with Crippen molar-refractivity contribution in [2.24, 2.45) is 5.92 Å². The van der Waals surface area contributed by atoms with E-state index in [1.54, 1.807) is 36.4 Å². The summed E-state index contributed by atoms with van der Waals surface area (Å²) in [6, 6.07) is 13.7. The molecule has 5 heteroatoms. The van der Waals surface area contributed by atoms with Crippen molar-refractivity contribution < 1.29 is 22.3 Å². The number of halogens is 4. The molecular formula is C33H36F4O. The highest BCUT2D eigenvalue weighted by atomic mass is 19.2. The third-order valence-electron chi connectivity index (χ3n) is 7.57. The Labute approximate surface area is 223 Å². The van der Waals surface area contributed by atoms with Crippen molar-refractivity contribution >= 4 is 6.08 Å². The molecule has 0 N–H and O–H groups in total. The minimum Gasteiger partial charge on any atom is -0.490 e. The Morgan fingerprint density at radius 3 is 2.21 bits per heavy atom. The van der Waals surface area contributed by atoms with Crippen molar-refractivity contribution in [3.8, 4) is 16.9 Å². The first-order valence-corrected chi connectivity index (χ1v) is 13.7. The zero-order valence-electron chi connectivity index (χ0n) is 22.2. The van der Waals surface area contributed by atoms with Crippen LogP contribution in [-0.4, -0.2) is 6.61 Å². The van der Waals surface area contributed by atoms with E-state index in [-0.39, 0.29) is 28.7 Å². The molecule has 1 fully saturated rings. The number of hydrogen-bond donors (Lipinski definition) is 0. The minimum atomic E-state index is -0.911. The summed E-state index contributed by atoms with van der Waals surface area (Å²) in [4.78, 5) is 0. The first-order valence-electron chi connectivity index (χ1n) is 13.7. The van der Waals surface area contributed by atoms with E-state index in [0.717, 1.165) is 44.1 Å². The fourth-order valence-corrected chi connectivity index (χ4v) is 5.20. The van der Waals surface area contributed by atoms with Crippen LogP contribution in [0.3, 0.4) is 0 Å². The molecule has 0 radical (unpaired) electrons. The number of benzene rings is 3. The largest absolute Gasteiger partial charge is 0.490 e. The quantitative estimate of drug-likeness (QED) is 0.189. The molecule has 1 nitrogen and oxygen atoms in total. The van der Waals surface area contributed by atoms with E-state index in [1.807, 2.05) is 25.1 Å². The summed E-state index contributed by atoms with van der Waals surface area (Å²) < 4.78 is 64.5. The van der Waals surface area contributed by atoms with Gasteiger partial charge in [-0.1, -0.05) is 86.4 Å². The first-order chi connectivity index (χ1) is 18.4. The molecule has 4 rings (SSSR count). The SMILES string of the molecule is CCCCCCOc1ccc(C2CCC(/C=C/c3ccc(-c4ccc(C)cc4)c(F)c3F)CC2)c(F)c1F. The molecule has 38 heavy (non-hydrogen) atoms. The molecule has 0 aliphatic heterocycles. The van der Waals surface area contributed by atoms with Crippen LogP contribution in [0.4, 0.5) is 17.6 Å². The van der Waals surface area contributed by atoms with Gasteiger partial charge in [0.2, 0.25) is 5.82 Å². The molecule has 0 bridgehead atoms. The van der Waals surface area contributed by atoms with E-state index in [1.165, 1.54) is 6.07 Å². The number of unbranched alkanes of at least 4 members (excludes halogenated alkanes) is 3. The summed E-state index contributed by atoms with van der Waals surface area (Å²) >= 11 is 0. The van der Waals surface area contributed by atoms with Gasteiger partial charge >= 0.3 is 0 Å². The molecule has 1 aliphatic rings. The second-order valence-electron chi connectivity index (χ2n) is 10.4. The lowest BCUT2D eigenvalue weighted by Crippen LogP contribution is -2.14. The molecule has 0 heterocycles. The lowest BCUT2D eigenvalue weighted by atomic mass is 9.78. The number of hydrogen-bond acceptors (Lipinski definition) is 1. The number of ether oxygens (including phenoxy) is 1. The third-order valence-corrected chi connectivity index (χ3v) is 7.57. The predicted molar refractivity (Wildman–Crippen MR) is 146 cm³/mol. The lowest BCUT2D eigenvalue weighted by molar-refractivity contribution is 0.283. The standard InChI is InChI=1S/C33H36F4O/c1-3-4-5-6-21-38-29-20-19-28(32(36)33(29)37)25-14-9-23(10-15-25)11-16-26-17-18-27(31(35)30(26)34)24-12-7-22(2)8-13-24/h7-8,11-13,16-20,23,25H,3-6,9-10,14-15,21H2,1-2H3/b16-11+. The van der Waals surface area contributed by atoms with E-state index in [0.29, 0.717) is 30.6 Å². The highest BCUT2D eigenvalue weighted by Gasteiger charge is 2.26. The summed E-state index contributed by atoms with van der Waals surface area (Å²) in [5.74, 6) is -3.38. The molecule has 1 aliphatic carbocycles. The maximum absolute atomic E-state index is 14.9. The van der Waals surface area contributed by atoms with E-state index in [2.05, 4.69) is 6.92 Å². The van der Waals surface area contributed by atoms with E-state index in [9.17, 15) is 17.6 Å². The molecule has 1 saturated carbocycles.